The van der Waals surface area contributed by atoms with Crippen molar-refractivity contribution in [3.05, 3.63) is 0 Å². The zero-order valence-corrected chi connectivity index (χ0v) is 11.3. The molecule has 1 fully saturated rings. The Morgan fingerprint density at radius 1 is 1.20 bits per heavy atom. The van der Waals surface area contributed by atoms with Gasteiger partial charge in [-0.05, 0) is 49.1 Å². The van der Waals surface area contributed by atoms with E-state index in [2.05, 4.69) is 39.9 Å². The fourth-order valence-corrected chi connectivity index (χ4v) is 3.08. The van der Waals surface area contributed by atoms with Crippen LogP contribution < -0.4 is 5.32 Å². The van der Waals surface area contributed by atoms with Crippen LogP contribution in [-0.2, 0) is 0 Å². The first-order valence-corrected chi connectivity index (χ1v) is 6.65. The molecule has 3 atom stereocenters. The highest BCUT2D eigenvalue weighted by atomic mass is 14.8. The van der Waals surface area contributed by atoms with Crippen LogP contribution in [0.4, 0.5) is 0 Å². The lowest BCUT2D eigenvalue weighted by Crippen LogP contribution is -2.39. The van der Waals surface area contributed by atoms with Crippen molar-refractivity contribution in [2.75, 3.05) is 13.1 Å². The van der Waals surface area contributed by atoms with Gasteiger partial charge in [0.2, 0.25) is 0 Å². The monoisotopic (exact) mass is 211 g/mol. The van der Waals surface area contributed by atoms with Gasteiger partial charge in [-0.2, -0.15) is 0 Å². The van der Waals surface area contributed by atoms with Gasteiger partial charge < -0.3 is 5.32 Å². The van der Waals surface area contributed by atoms with Gasteiger partial charge in [0.1, 0.15) is 0 Å². The zero-order chi connectivity index (χ0) is 11.5. The van der Waals surface area contributed by atoms with Gasteiger partial charge in [-0.3, -0.25) is 0 Å². The second-order valence-corrected chi connectivity index (χ2v) is 6.46. The molecule has 0 saturated heterocycles. The molecular formula is C14H29N. The van der Waals surface area contributed by atoms with Gasteiger partial charge >= 0.3 is 0 Å². The van der Waals surface area contributed by atoms with E-state index in [0.717, 1.165) is 24.3 Å². The van der Waals surface area contributed by atoms with Gasteiger partial charge in [0.15, 0.2) is 0 Å². The average molecular weight is 211 g/mol. The third-order valence-corrected chi connectivity index (χ3v) is 4.02. The van der Waals surface area contributed by atoms with Crippen molar-refractivity contribution < 1.29 is 0 Å². The summed E-state index contributed by atoms with van der Waals surface area (Å²) < 4.78 is 0. The summed E-state index contributed by atoms with van der Waals surface area (Å²) in [6.45, 7) is 14.2. The molecule has 90 valence electrons. The summed E-state index contributed by atoms with van der Waals surface area (Å²) in [5.74, 6) is 2.74. The predicted molar refractivity (Wildman–Crippen MR) is 68.0 cm³/mol. The van der Waals surface area contributed by atoms with Crippen LogP contribution in [0.3, 0.4) is 0 Å². The molecule has 15 heavy (non-hydrogen) atoms. The molecule has 0 heterocycles. The highest BCUT2D eigenvalue weighted by Crippen LogP contribution is 2.43. The Morgan fingerprint density at radius 3 is 2.40 bits per heavy atom. The van der Waals surface area contributed by atoms with Gasteiger partial charge in [-0.25, -0.2) is 0 Å². The fraction of sp³-hybridized carbons (Fsp3) is 1.00. The molecule has 0 aromatic carbocycles. The summed E-state index contributed by atoms with van der Waals surface area (Å²) >= 11 is 0. The maximum Gasteiger partial charge on any atom is -0.00178 e. The molecule has 1 saturated carbocycles. The van der Waals surface area contributed by atoms with E-state index in [4.69, 9.17) is 0 Å². The zero-order valence-electron chi connectivity index (χ0n) is 11.3. The Kier molecular flexibility index (Phi) is 4.64. The lowest BCUT2D eigenvalue weighted by Gasteiger charge is -2.43. The smallest absolute Gasteiger partial charge is 0.00178 e. The molecule has 0 aliphatic heterocycles. The van der Waals surface area contributed by atoms with E-state index in [1.165, 1.54) is 25.8 Å². The topological polar surface area (TPSA) is 12.0 Å². The van der Waals surface area contributed by atoms with Gasteiger partial charge in [0.05, 0.1) is 0 Å². The summed E-state index contributed by atoms with van der Waals surface area (Å²) in [7, 11) is 0. The second kappa shape index (κ2) is 5.34. The Bertz CT molecular complexity index is 178. The van der Waals surface area contributed by atoms with E-state index in [1.807, 2.05) is 0 Å². The van der Waals surface area contributed by atoms with Crippen LogP contribution in [0, 0.1) is 23.2 Å². The van der Waals surface area contributed by atoms with E-state index < -0.39 is 0 Å². The lowest BCUT2D eigenvalue weighted by molar-refractivity contribution is 0.0809. The Hall–Kier alpha value is -0.0400. The standard InChI is InChI=1S/C14H29N/c1-6-15-10-12-8-7-11(2)9-13(12)14(3,4)5/h11-13,15H,6-10H2,1-5H3. The van der Waals surface area contributed by atoms with Crippen LogP contribution in [0.5, 0.6) is 0 Å². The molecule has 1 nitrogen and oxygen atoms in total. The number of nitrogens with one attached hydrogen (secondary N) is 1. The average Bonchev–Trinajstić information content (AvgIpc) is 2.14. The fourth-order valence-electron chi connectivity index (χ4n) is 3.08. The van der Waals surface area contributed by atoms with Gasteiger partial charge in [0, 0.05) is 0 Å². The summed E-state index contributed by atoms with van der Waals surface area (Å²) in [5, 5.41) is 3.53. The van der Waals surface area contributed by atoms with Crippen molar-refractivity contribution in [3.8, 4) is 0 Å². The van der Waals surface area contributed by atoms with Crippen molar-refractivity contribution in [3.63, 3.8) is 0 Å². The molecule has 1 aliphatic carbocycles. The van der Waals surface area contributed by atoms with Crippen LogP contribution in [0.1, 0.15) is 53.9 Å². The molecule has 0 spiro atoms. The first kappa shape index (κ1) is 13.0. The summed E-state index contributed by atoms with van der Waals surface area (Å²) in [4.78, 5) is 0. The largest absolute Gasteiger partial charge is 0.317 e. The first-order valence-electron chi connectivity index (χ1n) is 6.65. The van der Waals surface area contributed by atoms with E-state index in [-0.39, 0.29) is 0 Å². The van der Waals surface area contributed by atoms with E-state index in [9.17, 15) is 0 Å². The van der Waals surface area contributed by atoms with E-state index >= 15 is 0 Å². The van der Waals surface area contributed by atoms with Gasteiger partial charge in [0.25, 0.3) is 0 Å². The highest BCUT2D eigenvalue weighted by Gasteiger charge is 2.35. The van der Waals surface area contributed by atoms with Crippen molar-refractivity contribution >= 4 is 0 Å². The van der Waals surface area contributed by atoms with E-state index in [0.29, 0.717) is 5.41 Å². The van der Waals surface area contributed by atoms with Gasteiger partial charge in [-0.15, -0.1) is 0 Å². The third-order valence-electron chi connectivity index (χ3n) is 4.02. The first-order chi connectivity index (χ1) is 6.95. The van der Waals surface area contributed by atoms with Crippen LogP contribution >= 0.6 is 0 Å². The normalized spacial score (nSPS) is 33.0. The Balaban J connectivity index is 2.58. The molecule has 1 N–H and O–H groups in total. The summed E-state index contributed by atoms with van der Waals surface area (Å²) in [6.07, 6.45) is 4.29. The van der Waals surface area contributed by atoms with Crippen molar-refractivity contribution in [2.24, 2.45) is 23.2 Å². The SMILES string of the molecule is CCNCC1CCC(C)CC1C(C)(C)C. The quantitative estimate of drug-likeness (QED) is 0.750. The summed E-state index contributed by atoms with van der Waals surface area (Å²) in [5.41, 5.74) is 0.481. The predicted octanol–water partition coefficient (Wildman–Crippen LogP) is 3.69. The maximum absolute atomic E-state index is 3.53. The molecule has 1 heteroatoms. The van der Waals surface area contributed by atoms with Crippen molar-refractivity contribution in [2.45, 2.75) is 53.9 Å². The molecule has 0 amide bonds. The molecule has 1 aliphatic rings. The minimum Gasteiger partial charge on any atom is -0.317 e. The number of hydrogen-bond donors (Lipinski definition) is 1. The minimum atomic E-state index is 0.481. The number of hydrogen-bond acceptors (Lipinski definition) is 1. The highest BCUT2D eigenvalue weighted by molar-refractivity contribution is 4.86. The molecular weight excluding hydrogens is 182 g/mol. The van der Waals surface area contributed by atoms with Crippen molar-refractivity contribution in [1.82, 2.24) is 5.32 Å². The van der Waals surface area contributed by atoms with Crippen molar-refractivity contribution in [1.29, 1.82) is 0 Å². The maximum atomic E-state index is 3.53. The molecule has 0 aromatic heterocycles. The summed E-state index contributed by atoms with van der Waals surface area (Å²) in [6, 6.07) is 0. The lowest BCUT2D eigenvalue weighted by atomic mass is 9.64. The van der Waals surface area contributed by atoms with Crippen LogP contribution in [-0.4, -0.2) is 13.1 Å². The van der Waals surface area contributed by atoms with Crippen LogP contribution in [0.2, 0.25) is 0 Å². The third kappa shape index (κ3) is 3.79. The van der Waals surface area contributed by atoms with Crippen LogP contribution in [0.15, 0.2) is 0 Å². The van der Waals surface area contributed by atoms with Gasteiger partial charge in [-0.1, -0.05) is 41.0 Å². The Labute approximate surface area is 96.0 Å². The molecule has 0 radical (unpaired) electrons. The molecule has 0 bridgehead atoms. The second-order valence-electron chi connectivity index (χ2n) is 6.46. The molecule has 1 rings (SSSR count). The number of rotatable bonds is 3. The Morgan fingerprint density at radius 2 is 1.87 bits per heavy atom. The molecule has 3 unspecified atom stereocenters. The van der Waals surface area contributed by atoms with E-state index in [1.54, 1.807) is 0 Å². The molecule has 0 aromatic rings. The van der Waals surface area contributed by atoms with Crippen LogP contribution in [0.25, 0.3) is 0 Å². The minimum absolute atomic E-state index is 0.481.